The molecule has 1 aliphatic rings. The fourth-order valence-corrected chi connectivity index (χ4v) is 3.51. The van der Waals surface area contributed by atoms with Crippen molar-refractivity contribution in [3.63, 3.8) is 0 Å². The maximum atomic E-state index is 12.0. The number of aromatic nitrogens is 1. The Bertz CT molecular complexity index is 758. The Hall–Kier alpha value is -2.49. The first kappa shape index (κ1) is 14.4. The second kappa shape index (κ2) is 6.52. The third-order valence-corrected chi connectivity index (χ3v) is 4.54. The lowest BCUT2D eigenvalue weighted by atomic mass is 10.1. The number of amides is 1. The van der Waals surface area contributed by atoms with Crippen LogP contribution >= 0.6 is 11.3 Å². The highest BCUT2D eigenvalue weighted by molar-refractivity contribution is 7.16. The molecule has 3 rings (SSSR count). The lowest BCUT2D eigenvalue weighted by Gasteiger charge is -2.11. The lowest BCUT2D eigenvalue weighted by molar-refractivity contribution is -0.111. The quantitative estimate of drug-likeness (QED) is 0.853. The number of carbonyl (C=O) groups is 1. The summed E-state index contributed by atoms with van der Waals surface area (Å²) in [6, 6.07) is 5.90. The van der Waals surface area contributed by atoms with Gasteiger partial charge in [-0.1, -0.05) is 6.07 Å². The van der Waals surface area contributed by atoms with Crippen molar-refractivity contribution in [1.82, 2.24) is 10.3 Å². The Morgan fingerprint density at radius 2 is 2.45 bits per heavy atom. The SMILES string of the molecule is N#Cc1c(NC(=O)/C=C/c2cccnc2)sc2c1CCNC2. The fourth-order valence-electron chi connectivity index (χ4n) is 2.34. The molecule has 6 heteroatoms. The van der Waals surface area contributed by atoms with Gasteiger partial charge in [-0.05, 0) is 36.2 Å². The standard InChI is InChI=1S/C16H14N4OS/c17-8-13-12-5-7-19-10-14(12)22-16(13)20-15(21)4-3-11-2-1-6-18-9-11/h1-4,6,9,19H,5,7,10H2,(H,20,21)/b4-3+. The number of hydrogen-bond acceptors (Lipinski definition) is 5. The molecule has 2 aromatic heterocycles. The lowest BCUT2D eigenvalue weighted by Crippen LogP contribution is -2.22. The molecule has 22 heavy (non-hydrogen) atoms. The summed E-state index contributed by atoms with van der Waals surface area (Å²) in [6.07, 6.45) is 7.34. The molecule has 0 bridgehead atoms. The van der Waals surface area contributed by atoms with Crippen LogP contribution in [0.4, 0.5) is 5.00 Å². The molecule has 0 saturated heterocycles. The summed E-state index contributed by atoms with van der Waals surface area (Å²) in [5, 5.41) is 16.1. The van der Waals surface area contributed by atoms with Crippen LogP contribution in [0.5, 0.6) is 0 Å². The van der Waals surface area contributed by atoms with E-state index in [1.807, 2.05) is 12.1 Å². The van der Waals surface area contributed by atoms with Gasteiger partial charge in [0.05, 0.1) is 5.56 Å². The van der Waals surface area contributed by atoms with Crippen molar-refractivity contribution in [2.75, 3.05) is 11.9 Å². The second-order valence-corrected chi connectivity index (χ2v) is 5.96. The van der Waals surface area contributed by atoms with E-state index in [1.54, 1.807) is 18.5 Å². The van der Waals surface area contributed by atoms with Gasteiger partial charge in [-0.2, -0.15) is 5.26 Å². The Morgan fingerprint density at radius 1 is 1.55 bits per heavy atom. The van der Waals surface area contributed by atoms with Crippen molar-refractivity contribution in [1.29, 1.82) is 5.26 Å². The highest BCUT2D eigenvalue weighted by Gasteiger charge is 2.21. The summed E-state index contributed by atoms with van der Waals surface area (Å²) >= 11 is 1.47. The van der Waals surface area contributed by atoms with Crippen molar-refractivity contribution in [3.8, 4) is 6.07 Å². The molecule has 0 radical (unpaired) electrons. The van der Waals surface area contributed by atoms with Gasteiger partial charge >= 0.3 is 0 Å². The second-order valence-electron chi connectivity index (χ2n) is 4.86. The predicted octanol–water partition coefficient (Wildman–Crippen LogP) is 2.31. The van der Waals surface area contributed by atoms with E-state index < -0.39 is 0 Å². The highest BCUT2D eigenvalue weighted by atomic mass is 32.1. The van der Waals surface area contributed by atoms with Crippen molar-refractivity contribution >= 4 is 28.3 Å². The molecule has 0 spiro atoms. The normalized spacial score (nSPS) is 13.6. The molecule has 0 unspecified atom stereocenters. The third-order valence-electron chi connectivity index (χ3n) is 3.39. The average Bonchev–Trinajstić information content (AvgIpc) is 2.91. The van der Waals surface area contributed by atoms with Crippen LogP contribution in [0, 0.1) is 11.3 Å². The van der Waals surface area contributed by atoms with Gasteiger partial charge in [-0.15, -0.1) is 11.3 Å². The summed E-state index contributed by atoms with van der Waals surface area (Å²) in [5.41, 5.74) is 2.52. The van der Waals surface area contributed by atoms with Gasteiger partial charge in [0, 0.05) is 29.9 Å². The van der Waals surface area contributed by atoms with E-state index in [4.69, 9.17) is 0 Å². The van der Waals surface area contributed by atoms with Crippen LogP contribution in [0.15, 0.2) is 30.6 Å². The minimum atomic E-state index is -0.244. The number of pyridine rings is 1. The summed E-state index contributed by atoms with van der Waals surface area (Å²) in [4.78, 5) is 17.2. The van der Waals surface area contributed by atoms with Crippen LogP contribution < -0.4 is 10.6 Å². The van der Waals surface area contributed by atoms with Gasteiger partial charge in [0.15, 0.2) is 0 Å². The molecule has 0 aromatic carbocycles. The monoisotopic (exact) mass is 310 g/mol. The molecule has 3 heterocycles. The van der Waals surface area contributed by atoms with Crippen LogP contribution in [-0.4, -0.2) is 17.4 Å². The van der Waals surface area contributed by atoms with Crippen molar-refractivity contribution in [2.45, 2.75) is 13.0 Å². The first-order chi connectivity index (χ1) is 10.8. The number of nitriles is 1. The van der Waals surface area contributed by atoms with Gasteiger partial charge in [-0.3, -0.25) is 9.78 Å². The largest absolute Gasteiger partial charge is 0.313 e. The summed E-state index contributed by atoms with van der Waals surface area (Å²) < 4.78 is 0. The van der Waals surface area contributed by atoms with Crippen LogP contribution in [0.2, 0.25) is 0 Å². The fraction of sp³-hybridized carbons (Fsp3) is 0.188. The summed E-state index contributed by atoms with van der Waals surface area (Å²) in [6.45, 7) is 1.63. The number of nitrogens with zero attached hydrogens (tertiary/aromatic N) is 2. The van der Waals surface area contributed by atoms with Gasteiger partial charge in [-0.25, -0.2) is 0 Å². The number of hydrogen-bond donors (Lipinski definition) is 2. The van der Waals surface area contributed by atoms with E-state index in [9.17, 15) is 10.1 Å². The van der Waals surface area contributed by atoms with E-state index in [0.29, 0.717) is 10.6 Å². The zero-order valence-corrected chi connectivity index (χ0v) is 12.6. The van der Waals surface area contributed by atoms with Gasteiger partial charge in [0.25, 0.3) is 0 Å². The highest BCUT2D eigenvalue weighted by Crippen LogP contribution is 2.34. The van der Waals surface area contributed by atoms with Gasteiger partial charge in [0.1, 0.15) is 11.1 Å². The molecule has 2 N–H and O–H groups in total. The summed E-state index contributed by atoms with van der Waals surface area (Å²) in [7, 11) is 0. The molecule has 1 aliphatic heterocycles. The molecule has 110 valence electrons. The average molecular weight is 310 g/mol. The van der Waals surface area contributed by atoms with Crippen LogP contribution in [0.1, 0.15) is 21.6 Å². The molecule has 0 atom stereocenters. The number of thiophene rings is 1. The number of anilines is 1. The van der Waals surface area contributed by atoms with E-state index in [2.05, 4.69) is 21.7 Å². The van der Waals surface area contributed by atoms with E-state index >= 15 is 0 Å². The van der Waals surface area contributed by atoms with Crippen molar-refractivity contribution < 1.29 is 4.79 Å². The first-order valence-corrected chi connectivity index (χ1v) is 7.74. The van der Waals surface area contributed by atoms with Crippen LogP contribution in [0.3, 0.4) is 0 Å². The first-order valence-electron chi connectivity index (χ1n) is 6.92. The maximum Gasteiger partial charge on any atom is 0.249 e. The number of carbonyl (C=O) groups excluding carboxylic acids is 1. The maximum absolute atomic E-state index is 12.0. The van der Waals surface area contributed by atoms with E-state index in [0.717, 1.165) is 35.5 Å². The molecule has 0 saturated carbocycles. The zero-order valence-electron chi connectivity index (χ0n) is 11.8. The molecular weight excluding hydrogens is 296 g/mol. The molecule has 5 nitrogen and oxygen atoms in total. The minimum Gasteiger partial charge on any atom is -0.313 e. The van der Waals surface area contributed by atoms with Crippen molar-refractivity contribution in [3.05, 3.63) is 52.2 Å². The predicted molar refractivity (Wildman–Crippen MR) is 86.3 cm³/mol. The minimum absolute atomic E-state index is 0.244. The Morgan fingerprint density at radius 3 is 3.23 bits per heavy atom. The van der Waals surface area contributed by atoms with Crippen LogP contribution in [0.25, 0.3) is 6.08 Å². The van der Waals surface area contributed by atoms with Gasteiger partial charge in [0.2, 0.25) is 5.91 Å². The number of rotatable bonds is 3. The van der Waals surface area contributed by atoms with Crippen LogP contribution in [-0.2, 0) is 17.8 Å². The molecular formula is C16H14N4OS. The topological polar surface area (TPSA) is 77.8 Å². The van der Waals surface area contributed by atoms with E-state index in [1.165, 1.54) is 17.4 Å². The third kappa shape index (κ3) is 3.06. The smallest absolute Gasteiger partial charge is 0.249 e. The van der Waals surface area contributed by atoms with Gasteiger partial charge < -0.3 is 10.6 Å². The number of nitrogens with one attached hydrogen (secondary N) is 2. The molecule has 2 aromatic rings. The molecule has 0 aliphatic carbocycles. The molecule has 0 fully saturated rings. The van der Waals surface area contributed by atoms with Crippen molar-refractivity contribution in [2.24, 2.45) is 0 Å². The Labute approximate surface area is 132 Å². The molecule has 1 amide bonds. The summed E-state index contributed by atoms with van der Waals surface area (Å²) in [5.74, 6) is -0.244. The Balaban J connectivity index is 1.76. The number of fused-ring (bicyclic) bond motifs is 1. The zero-order chi connectivity index (χ0) is 15.4. The van der Waals surface area contributed by atoms with E-state index in [-0.39, 0.29) is 5.91 Å². The Kier molecular flexibility index (Phi) is 4.28.